The fourth-order valence-corrected chi connectivity index (χ4v) is 3.05. The molecule has 1 heterocycles. The third-order valence-corrected chi connectivity index (χ3v) is 4.88. The monoisotopic (exact) mass is 351 g/mol. The van der Waals surface area contributed by atoms with Crippen LogP contribution in [0.4, 0.5) is 0 Å². The Morgan fingerprint density at radius 3 is 2.88 bits per heavy atom. The molecule has 1 aromatic heterocycles. The quantitative estimate of drug-likeness (QED) is 0.683. The van der Waals surface area contributed by atoms with Gasteiger partial charge in [-0.15, -0.1) is 12.4 Å². The van der Waals surface area contributed by atoms with Crippen LogP contribution in [0.1, 0.15) is 24.8 Å². The Morgan fingerprint density at radius 1 is 1.42 bits per heavy atom. The van der Waals surface area contributed by atoms with E-state index in [9.17, 15) is 4.79 Å². The second kappa shape index (κ2) is 8.01. The molecule has 1 fully saturated rings. The van der Waals surface area contributed by atoms with E-state index in [1.807, 2.05) is 24.4 Å². The van der Waals surface area contributed by atoms with Crippen molar-refractivity contribution in [2.45, 2.75) is 31.7 Å². The van der Waals surface area contributed by atoms with Crippen molar-refractivity contribution in [2.75, 3.05) is 20.3 Å². The molecule has 2 aromatic rings. The third kappa shape index (κ3) is 4.29. The third-order valence-electron chi connectivity index (χ3n) is 4.88. The second-order valence-corrected chi connectivity index (χ2v) is 6.63. The van der Waals surface area contributed by atoms with Crippen molar-refractivity contribution in [2.24, 2.45) is 11.1 Å². The number of aromatic amines is 1. The Morgan fingerprint density at radius 2 is 2.17 bits per heavy atom. The van der Waals surface area contributed by atoms with Crippen molar-refractivity contribution in [3.05, 3.63) is 36.0 Å². The number of ether oxygens (including phenoxy) is 1. The SMILES string of the molecule is COCCC1(CNC(=O)[C@@H](N)Cc2c[nH]c3ccccc23)CC1.Cl. The number of hydrogen-bond donors (Lipinski definition) is 3. The summed E-state index contributed by atoms with van der Waals surface area (Å²) in [6.07, 6.45) is 5.81. The van der Waals surface area contributed by atoms with Crippen molar-refractivity contribution in [1.82, 2.24) is 10.3 Å². The zero-order valence-electron chi connectivity index (χ0n) is 14.0. The lowest BCUT2D eigenvalue weighted by atomic mass is 10.0. The maximum atomic E-state index is 12.3. The number of nitrogens with two attached hydrogens (primary N) is 1. The predicted octanol–water partition coefficient (Wildman–Crippen LogP) is 2.39. The highest BCUT2D eigenvalue weighted by Crippen LogP contribution is 2.48. The number of methoxy groups -OCH3 is 1. The summed E-state index contributed by atoms with van der Waals surface area (Å²) >= 11 is 0. The number of benzene rings is 1. The summed E-state index contributed by atoms with van der Waals surface area (Å²) < 4.78 is 5.14. The van der Waals surface area contributed by atoms with E-state index in [1.54, 1.807) is 7.11 Å². The van der Waals surface area contributed by atoms with Gasteiger partial charge in [0, 0.05) is 37.4 Å². The number of fused-ring (bicyclic) bond motifs is 1. The number of amides is 1. The molecule has 1 atom stereocenters. The first-order valence-electron chi connectivity index (χ1n) is 8.21. The van der Waals surface area contributed by atoms with Gasteiger partial charge in [0.2, 0.25) is 5.91 Å². The molecular formula is C18H26ClN3O2. The fourth-order valence-electron chi connectivity index (χ4n) is 3.05. The Labute approximate surface area is 148 Å². The van der Waals surface area contributed by atoms with Crippen LogP contribution in [0.3, 0.4) is 0 Å². The smallest absolute Gasteiger partial charge is 0.237 e. The van der Waals surface area contributed by atoms with Crippen LogP contribution in [0.2, 0.25) is 0 Å². The van der Waals surface area contributed by atoms with E-state index in [-0.39, 0.29) is 23.7 Å². The zero-order valence-corrected chi connectivity index (χ0v) is 14.8. The van der Waals surface area contributed by atoms with Crippen LogP contribution in [0.5, 0.6) is 0 Å². The molecule has 4 N–H and O–H groups in total. The molecule has 1 aliphatic rings. The van der Waals surface area contributed by atoms with Crippen LogP contribution in [-0.4, -0.2) is 37.2 Å². The summed E-state index contributed by atoms with van der Waals surface area (Å²) in [6.45, 7) is 1.45. The number of H-pyrrole nitrogens is 1. The van der Waals surface area contributed by atoms with Gasteiger partial charge in [0.25, 0.3) is 0 Å². The zero-order chi connectivity index (χ0) is 16.3. The van der Waals surface area contributed by atoms with Gasteiger partial charge < -0.3 is 20.8 Å². The van der Waals surface area contributed by atoms with E-state index in [0.717, 1.165) is 42.3 Å². The minimum Gasteiger partial charge on any atom is -0.385 e. The molecule has 0 bridgehead atoms. The Hall–Kier alpha value is -1.56. The van der Waals surface area contributed by atoms with Crippen molar-refractivity contribution in [3.63, 3.8) is 0 Å². The van der Waals surface area contributed by atoms with E-state index in [4.69, 9.17) is 10.5 Å². The van der Waals surface area contributed by atoms with Gasteiger partial charge in [-0.1, -0.05) is 18.2 Å². The van der Waals surface area contributed by atoms with Gasteiger partial charge in [0.15, 0.2) is 0 Å². The molecule has 0 saturated heterocycles. The maximum Gasteiger partial charge on any atom is 0.237 e. The number of nitrogens with one attached hydrogen (secondary N) is 2. The minimum atomic E-state index is -0.521. The maximum absolute atomic E-state index is 12.3. The number of halogens is 1. The highest BCUT2D eigenvalue weighted by molar-refractivity contribution is 5.86. The Kier molecular flexibility index (Phi) is 6.27. The van der Waals surface area contributed by atoms with Gasteiger partial charge in [0.1, 0.15) is 0 Å². The van der Waals surface area contributed by atoms with Crippen LogP contribution < -0.4 is 11.1 Å². The first-order chi connectivity index (χ1) is 11.1. The largest absolute Gasteiger partial charge is 0.385 e. The van der Waals surface area contributed by atoms with Gasteiger partial charge in [-0.25, -0.2) is 0 Å². The number of aromatic nitrogens is 1. The van der Waals surface area contributed by atoms with Gasteiger partial charge in [-0.2, -0.15) is 0 Å². The molecular weight excluding hydrogens is 326 g/mol. The van der Waals surface area contributed by atoms with E-state index in [0.29, 0.717) is 13.0 Å². The van der Waals surface area contributed by atoms with Gasteiger partial charge in [0.05, 0.1) is 6.04 Å². The normalized spacial score (nSPS) is 16.4. The summed E-state index contributed by atoms with van der Waals surface area (Å²) in [7, 11) is 1.71. The first-order valence-corrected chi connectivity index (χ1v) is 8.21. The average molecular weight is 352 g/mol. The van der Waals surface area contributed by atoms with Crippen LogP contribution in [0.15, 0.2) is 30.5 Å². The molecule has 24 heavy (non-hydrogen) atoms. The number of hydrogen-bond acceptors (Lipinski definition) is 3. The molecule has 0 radical (unpaired) electrons. The number of rotatable bonds is 8. The molecule has 6 heteroatoms. The lowest BCUT2D eigenvalue weighted by molar-refractivity contribution is -0.122. The topological polar surface area (TPSA) is 80.1 Å². The predicted molar refractivity (Wildman–Crippen MR) is 98.4 cm³/mol. The molecule has 1 saturated carbocycles. The van der Waals surface area contributed by atoms with E-state index < -0.39 is 6.04 Å². The average Bonchev–Trinajstić information content (AvgIpc) is 3.24. The highest BCUT2D eigenvalue weighted by atomic mass is 35.5. The summed E-state index contributed by atoms with van der Waals surface area (Å²) in [5.74, 6) is -0.0704. The molecule has 1 aromatic carbocycles. The van der Waals surface area contributed by atoms with Gasteiger partial charge in [-0.05, 0) is 42.7 Å². The lowest BCUT2D eigenvalue weighted by Gasteiger charge is -2.18. The molecule has 132 valence electrons. The van der Waals surface area contributed by atoms with Gasteiger partial charge in [-0.3, -0.25) is 4.79 Å². The first kappa shape index (κ1) is 18.8. The Balaban J connectivity index is 0.00000208. The van der Waals surface area contributed by atoms with Crippen molar-refractivity contribution >= 4 is 29.2 Å². The number of carbonyl (C=O) groups is 1. The molecule has 1 amide bonds. The number of para-hydroxylation sites is 1. The fraction of sp³-hybridized carbons (Fsp3) is 0.500. The Bertz CT molecular complexity index is 682. The van der Waals surface area contributed by atoms with E-state index in [2.05, 4.69) is 16.4 Å². The molecule has 0 spiro atoms. The van der Waals surface area contributed by atoms with Crippen molar-refractivity contribution < 1.29 is 9.53 Å². The minimum absolute atomic E-state index is 0. The molecule has 5 nitrogen and oxygen atoms in total. The number of carbonyl (C=O) groups excluding carboxylic acids is 1. The lowest BCUT2D eigenvalue weighted by Crippen LogP contribution is -2.44. The molecule has 3 rings (SSSR count). The van der Waals surface area contributed by atoms with Crippen LogP contribution in [-0.2, 0) is 16.0 Å². The van der Waals surface area contributed by atoms with E-state index >= 15 is 0 Å². The van der Waals surface area contributed by atoms with Crippen LogP contribution in [0, 0.1) is 5.41 Å². The molecule has 1 aliphatic carbocycles. The van der Waals surface area contributed by atoms with Crippen molar-refractivity contribution in [1.29, 1.82) is 0 Å². The van der Waals surface area contributed by atoms with Crippen molar-refractivity contribution in [3.8, 4) is 0 Å². The summed E-state index contributed by atoms with van der Waals surface area (Å²) in [5.41, 5.74) is 8.50. The van der Waals surface area contributed by atoms with Crippen LogP contribution >= 0.6 is 12.4 Å². The van der Waals surface area contributed by atoms with Gasteiger partial charge >= 0.3 is 0 Å². The summed E-state index contributed by atoms with van der Waals surface area (Å²) in [5, 5.41) is 4.16. The standard InChI is InChI=1S/C18H25N3O2.ClH/c1-23-9-8-18(6-7-18)12-21-17(22)15(19)10-13-11-20-16-5-3-2-4-14(13)16;/h2-5,11,15,20H,6-10,12,19H2,1H3,(H,21,22);1H/t15-;/m0./s1. The second-order valence-electron chi connectivity index (χ2n) is 6.63. The molecule has 0 aliphatic heterocycles. The van der Waals surface area contributed by atoms with E-state index in [1.165, 1.54) is 0 Å². The summed E-state index contributed by atoms with van der Waals surface area (Å²) in [4.78, 5) is 15.5. The summed E-state index contributed by atoms with van der Waals surface area (Å²) in [6, 6.07) is 7.54. The highest BCUT2D eigenvalue weighted by Gasteiger charge is 2.42. The molecule has 0 unspecified atom stereocenters. The van der Waals surface area contributed by atoms with Crippen LogP contribution in [0.25, 0.3) is 10.9 Å².